The van der Waals surface area contributed by atoms with Gasteiger partial charge in [0.2, 0.25) is 5.91 Å². The summed E-state index contributed by atoms with van der Waals surface area (Å²) in [7, 11) is 0. The van der Waals surface area contributed by atoms with Gasteiger partial charge in [0.25, 0.3) is 0 Å². The maximum absolute atomic E-state index is 11.9. The Labute approximate surface area is 92.5 Å². The number of rotatable bonds is 2. The number of ketones is 1. The first-order valence-electron chi connectivity index (χ1n) is 4.98. The van der Waals surface area contributed by atoms with Crippen LogP contribution in [0.5, 0.6) is 0 Å². The van der Waals surface area contributed by atoms with Crippen LogP contribution >= 0.6 is 0 Å². The van der Waals surface area contributed by atoms with Gasteiger partial charge in [0, 0.05) is 5.56 Å². The van der Waals surface area contributed by atoms with Gasteiger partial charge in [-0.05, 0) is 19.1 Å². The fourth-order valence-electron chi connectivity index (χ4n) is 1.68. The second-order valence-corrected chi connectivity index (χ2v) is 3.67. The zero-order valence-corrected chi connectivity index (χ0v) is 8.73. The minimum Gasteiger partial charge on any atom is -0.379 e. The number of carbonyl (C=O) groups is 2. The molecule has 2 rings (SSSR count). The van der Waals surface area contributed by atoms with E-state index in [2.05, 4.69) is 10.6 Å². The predicted molar refractivity (Wildman–Crippen MR) is 58.0 cm³/mol. The number of aliphatic hydroxyl groups is 1. The first-order valence-corrected chi connectivity index (χ1v) is 4.98. The third kappa shape index (κ3) is 1.82. The van der Waals surface area contributed by atoms with Crippen LogP contribution in [0.2, 0.25) is 0 Å². The van der Waals surface area contributed by atoms with Crippen LogP contribution < -0.4 is 10.6 Å². The highest BCUT2D eigenvalue weighted by Gasteiger charge is 2.34. The molecule has 5 heteroatoms. The molecule has 0 aliphatic carbocycles. The molecule has 0 bridgehead atoms. The van der Waals surface area contributed by atoms with Crippen molar-refractivity contribution in [1.29, 1.82) is 0 Å². The van der Waals surface area contributed by atoms with Crippen LogP contribution in [0.1, 0.15) is 17.3 Å². The first-order chi connectivity index (χ1) is 7.59. The Morgan fingerprint density at radius 2 is 2.06 bits per heavy atom. The minimum atomic E-state index is -1.02. The number of amides is 1. The van der Waals surface area contributed by atoms with Crippen molar-refractivity contribution in [3.05, 3.63) is 29.8 Å². The van der Waals surface area contributed by atoms with E-state index in [1.165, 1.54) is 6.92 Å². The van der Waals surface area contributed by atoms with Crippen LogP contribution in [0.4, 0.5) is 5.69 Å². The fourth-order valence-corrected chi connectivity index (χ4v) is 1.68. The normalized spacial score (nSPS) is 21.2. The van der Waals surface area contributed by atoms with Crippen molar-refractivity contribution in [3.63, 3.8) is 0 Å². The summed E-state index contributed by atoms with van der Waals surface area (Å²) in [6, 6.07) is 5.77. The van der Waals surface area contributed by atoms with Gasteiger partial charge in [-0.2, -0.15) is 0 Å². The predicted octanol–water partition coefficient (Wildman–Crippen LogP) is 0.118. The quantitative estimate of drug-likeness (QED) is 0.488. The molecule has 0 aromatic heterocycles. The topological polar surface area (TPSA) is 78.4 Å². The van der Waals surface area contributed by atoms with Crippen molar-refractivity contribution < 1.29 is 14.7 Å². The number of fused-ring (bicyclic) bond motifs is 1. The third-order valence-electron chi connectivity index (χ3n) is 2.38. The van der Waals surface area contributed by atoms with Crippen LogP contribution in [0.15, 0.2) is 24.3 Å². The molecule has 84 valence electrons. The average Bonchev–Trinajstić information content (AvgIpc) is 2.24. The molecule has 1 aromatic rings. The largest absolute Gasteiger partial charge is 0.379 e. The Balaban J connectivity index is 2.34. The molecule has 16 heavy (non-hydrogen) atoms. The van der Waals surface area contributed by atoms with Crippen molar-refractivity contribution in [1.82, 2.24) is 5.32 Å². The summed E-state index contributed by atoms with van der Waals surface area (Å²) in [6.45, 7) is 1.46. The van der Waals surface area contributed by atoms with Crippen LogP contribution in [0.25, 0.3) is 0 Å². The smallest absolute Gasteiger partial charge is 0.249 e. The van der Waals surface area contributed by atoms with E-state index in [4.69, 9.17) is 5.11 Å². The van der Waals surface area contributed by atoms with Crippen molar-refractivity contribution in [2.45, 2.75) is 19.2 Å². The summed E-state index contributed by atoms with van der Waals surface area (Å²) < 4.78 is 0. The van der Waals surface area contributed by atoms with Gasteiger partial charge in [-0.15, -0.1) is 0 Å². The Bertz CT molecular complexity index is 443. The van der Waals surface area contributed by atoms with E-state index in [1.807, 2.05) is 0 Å². The average molecular weight is 220 g/mol. The van der Waals surface area contributed by atoms with E-state index in [9.17, 15) is 9.59 Å². The number of carbonyl (C=O) groups excluding carboxylic acids is 2. The number of anilines is 1. The van der Waals surface area contributed by atoms with Gasteiger partial charge in [0.05, 0.1) is 5.69 Å². The van der Waals surface area contributed by atoms with Crippen molar-refractivity contribution >= 4 is 17.4 Å². The molecule has 0 saturated heterocycles. The summed E-state index contributed by atoms with van der Waals surface area (Å²) in [6.07, 6.45) is -0.912. The summed E-state index contributed by atoms with van der Waals surface area (Å²) in [5.41, 5.74) is 0.974. The SMILES string of the molecule is CC(O)NC1C(=O)Nc2ccccc2C1=O. The van der Waals surface area contributed by atoms with Crippen molar-refractivity contribution in [2.24, 2.45) is 0 Å². The number of nitrogens with one attached hydrogen (secondary N) is 2. The maximum atomic E-state index is 11.9. The van der Waals surface area contributed by atoms with Crippen LogP contribution in [-0.2, 0) is 4.79 Å². The lowest BCUT2D eigenvalue weighted by Crippen LogP contribution is -2.52. The van der Waals surface area contributed by atoms with Gasteiger partial charge in [-0.25, -0.2) is 0 Å². The monoisotopic (exact) mass is 220 g/mol. The van der Waals surface area contributed by atoms with Gasteiger partial charge in [-0.1, -0.05) is 12.1 Å². The molecular weight excluding hydrogens is 208 g/mol. The molecule has 0 spiro atoms. The molecule has 3 N–H and O–H groups in total. The molecule has 0 saturated carbocycles. The highest BCUT2D eigenvalue weighted by Crippen LogP contribution is 2.21. The molecule has 2 atom stereocenters. The van der Waals surface area contributed by atoms with Gasteiger partial charge < -0.3 is 10.4 Å². The number of aliphatic hydroxyl groups excluding tert-OH is 1. The second kappa shape index (κ2) is 4.03. The molecule has 0 fully saturated rings. The first kappa shape index (κ1) is 10.8. The summed E-state index contributed by atoms with van der Waals surface area (Å²) in [4.78, 5) is 23.5. The van der Waals surface area contributed by atoms with Crippen molar-refractivity contribution in [2.75, 3.05) is 5.32 Å². The van der Waals surface area contributed by atoms with Crippen molar-refractivity contribution in [3.8, 4) is 0 Å². The molecular formula is C11H12N2O3. The number of Topliss-reactive ketones (excluding diaryl/α,β-unsaturated/α-hetero) is 1. The molecule has 1 amide bonds. The van der Waals surface area contributed by atoms with E-state index in [1.54, 1.807) is 24.3 Å². The van der Waals surface area contributed by atoms with E-state index < -0.39 is 18.2 Å². The molecule has 2 unspecified atom stereocenters. The third-order valence-corrected chi connectivity index (χ3v) is 2.38. The van der Waals surface area contributed by atoms with Crippen LogP contribution in [0.3, 0.4) is 0 Å². The zero-order valence-electron chi connectivity index (χ0n) is 8.73. The molecule has 1 aliphatic rings. The van der Waals surface area contributed by atoms with Gasteiger partial charge >= 0.3 is 0 Å². The second-order valence-electron chi connectivity index (χ2n) is 3.67. The highest BCUT2D eigenvalue weighted by molar-refractivity contribution is 6.23. The van der Waals surface area contributed by atoms with Gasteiger partial charge in [0.15, 0.2) is 11.8 Å². The zero-order chi connectivity index (χ0) is 11.7. The lowest BCUT2D eigenvalue weighted by Gasteiger charge is -2.25. The van der Waals surface area contributed by atoms with E-state index in [-0.39, 0.29) is 5.78 Å². The van der Waals surface area contributed by atoms with Crippen LogP contribution in [-0.4, -0.2) is 29.1 Å². The molecule has 1 heterocycles. The maximum Gasteiger partial charge on any atom is 0.249 e. The fraction of sp³-hybridized carbons (Fsp3) is 0.273. The molecule has 5 nitrogen and oxygen atoms in total. The van der Waals surface area contributed by atoms with E-state index >= 15 is 0 Å². The standard InChI is InChI=1S/C11H12N2O3/c1-6(14)12-9-10(15)7-4-2-3-5-8(7)13-11(9)16/h2-6,9,12,14H,1H3,(H,13,16). The summed E-state index contributed by atoms with van der Waals surface area (Å²) in [5, 5.41) is 14.3. The van der Waals surface area contributed by atoms with Gasteiger partial charge in [-0.3, -0.25) is 14.9 Å². The Kier molecular flexibility index (Phi) is 2.72. The highest BCUT2D eigenvalue weighted by atomic mass is 16.3. The molecule has 1 aromatic carbocycles. The lowest BCUT2D eigenvalue weighted by atomic mass is 9.97. The Morgan fingerprint density at radius 3 is 2.75 bits per heavy atom. The molecule has 1 aliphatic heterocycles. The molecule has 0 radical (unpaired) electrons. The number of hydrogen-bond donors (Lipinski definition) is 3. The lowest BCUT2D eigenvalue weighted by molar-refractivity contribution is -0.118. The summed E-state index contributed by atoms with van der Waals surface area (Å²) >= 11 is 0. The number of para-hydroxylation sites is 1. The Morgan fingerprint density at radius 1 is 1.38 bits per heavy atom. The van der Waals surface area contributed by atoms with E-state index in [0.717, 1.165) is 0 Å². The summed E-state index contributed by atoms with van der Waals surface area (Å²) in [5.74, 6) is -0.759. The van der Waals surface area contributed by atoms with Gasteiger partial charge in [0.1, 0.15) is 6.23 Å². The number of benzene rings is 1. The van der Waals surface area contributed by atoms with E-state index in [0.29, 0.717) is 11.3 Å². The Hall–Kier alpha value is -1.72. The minimum absolute atomic E-state index is 0.319. The van der Waals surface area contributed by atoms with Crippen LogP contribution in [0, 0.1) is 0 Å². The number of hydrogen-bond acceptors (Lipinski definition) is 4.